The number of anilines is 1. The maximum atomic E-state index is 13.2. The Morgan fingerprint density at radius 3 is 2.56 bits per heavy atom. The van der Waals surface area contributed by atoms with Crippen LogP contribution in [0, 0.1) is 30.4 Å². The van der Waals surface area contributed by atoms with Crippen LogP contribution in [-0.4, -0.2) is 21.9 Å². The molecule has 0 bridgehead atoms. The van der Waals surface area contributed by atoms with E-state index in [-0.39, 0.29) is 25.7 Å². The van der Waals surface area contributed by atoms with Crippen molar-refractivity contribution >= 4 is 5.69 Å². The van der Waals surface area contributed by atoms with Crippen LogP contribution in [0.25, 0.3) is 11.3 Å². The van der Waals surface area contributed by atoms with E-state index in [1.54, 1.807) is 42.9 Å². The molecule has 0 unspecified atom stereocenters. The van der Waals surface area contributed by atoms with Crippen LogP contribution in [0.2, 0.25) is 0 Å². The first-order valence-corrected chi connectivity index (χ1v) is 7.77. The first-order chi connectivity index (χ1) is 12.6. The van der Waals surface area contributed by atoms with Gasteiger partial charge in [0.1, 0.15) is 0 Å². The van der Waals surface area contributed by atoms with E-state index in [9.17, 15) is 8.78 Å². The predicted octanol–water partition coefficient (Wildman–Crippen LogP) is 4.05. The van der Waals surface area contributed by atoms with Crippen molar-refractivity contribution in [2.24, 2.45) is 0 Å². The molecule has 3 heterocycles. The Labute approximate surface area is 170 Å². The van der Waals surface area contributed by atoms with Crippen LogP contribution in [-0.2, 0) is 20.1 Å². The molecule has 7 heteroatoms. The molecule has 1 aliphatic heterocycles. The van der Waals surface area contributed by atoms with Crippen LogP contribution in [0.15, 0.2) is 67.4 Å². The summed E-state index contributed by atoms with van der Waals surface area (Å²) in [7, 11) is 1.98. The molecule has 4 nitrogen and oxygen atoms in total. The van der Waals surface area contributed by atoms with Gasteiger partial charge in [0.25, 0.3) is 0 Å². The van der Waals surface area contributed by atoms with Crippen molar-refractivity contribution in [2.75, 3.05) is 11.9 Å². The molecule has 0 radical (unpaired) electrons. The van der Waals surface area contributed by atoms with Crippen molar-refractivity contribution in [1.82, 2.24) is 14.9 Å². The second-order valence-electron chi connectivity index (χ2n) is 5.37. The van der Waals surface area contributed by atoms with Gasteiger partial charge in [0.15, 0.2) is 0 Å². The number of aromatic nitrogens is 2. The van der Waals surface area contributed by atoms with Gasteiger partial charge in [-0.25, -0.2) is 0 Å². The van der Waals surface area contributed by atoms with Gasteiger partial charge in [0, 0.05) is 17.8 Å². The van der Waals surface area contributed by atoms with E-state index in [1.165, 1.54) is 0 Å². The summed E-state index contributed by atoms with van der Waals surface area (Å²) in [5.41, 5.74) is 1.59. The molecule has 0 saturated carbocycles. The molecular formula is C20H15F2IrN4. The number of hydrogen-bond acceptors (Lipinski definition) is 4. The van der Waals surface area contributed by atoms with Crippen LogP contribution in [0.1, 0.15) is 0 Å². The molecule has 1 aromatic carbocycles. The number of benzene rings is 1. The fourth-order valence-electron chi connectivity index (χ4n) is 2.20. The zero-order valence-electron chi connectivity index (χ0n) is 14.3. The Bertz CT molecular complexity index is 876. The van der Waals surface area contributed by atoms with Gasteiger partial charge >= 0.3 is 20.1 Å². The first-order valence-electron chi connectivity index (χ1n) is 7.77. The first kappa shape index (κ1) is 20.7. The van der Waals surface area contributed by atoms with Gasteiger partial charge in [-0.05, 0) is 31.2 Å². The van der Waals surface area contributed by atoms with Gasteiger partial charge in [0.2, 0.25) is 0 Å². The molecule has 1 aliphatic rings. The molecule has 2 aromatic heterocycles. The van der Waals surface area contributed by atoms with E-state index in [0.29, 0.717) is 5.69 Å². The molecule has 0 N–H and O–H groups in total. The van der Waals surface area contributed by atoms with E-state index < -0.39 is 11.6 Å². The topological polar surface area (TPSA) is 32.3 Å². The van der Waals surface area contributed by atoms with Gasteiger partial charge < -0.3 is 19.8 Å². The fourth-order valence-corrected chi connectivity index (χ4v) is 2.20. The third-order valence-electron chi connectivity index (χ3n) is 3.41. The molecule has 0 amide bonds. The summed E-state index contributed by atoms with van der Waals surface area (Å²) < 4.78 is 25.8. The molecule has 0 atom stereocenters. The van der Waals surface area contributed by atoms with Crippen molar-refractivity contribution in [3.63, 3.8) is 0 Å². The van der Waals surface area contributed by atoms with Crippen molar-refractivity contribution in [1.29, 1.82) is 0 Å². The fraction of sp³-hybridized carbons (Fsp3) is 0.0500. The maximum Gasteiger partial charge on any atom is 3.00 e. The van der Waals surface area contributed by atoms with Gasteiger partial charge in [0.05, 0.1) is 0 Å². The smallest absolute Gasteiger partial charge is 0.510 e. The van der Waals surface area contributed by atoms with E-state index in [0.717, 1.165) is 17.8 Å². The van der Waals surface area contributed by atoms with Crippen LogP contribution >= 0.6 is 0 Å². The number of rotatable bonds is 2. The molecule has 138 valence electrons. The third-order valence-corrected chi connectivity index (χ3v) is 3.41. The summed E-state index contributed by atoms with van der Waals surface area (Å²) in [6, 6.07) is 14.4. The van der Waals surface area contributed by atoms with E-state index in [1.807, 2.05) is 35.9 Å². The molecule has 0 fully saturated rings. The van der Waals surface area contributed by atoms with E-state index in [2.05, 4.69) is 22.1 Å². The largest absolute Gasteiger partial charge is 3.00 e. The Morgan fingerprint density at radius 2 is 1.96 bits per heavy atom. The number of nitrogens with zero attached hydrogens (tertiary/aromatic N) is 4. The minimum absolute atomic E-state index is 0. The monoisotopic (exact) mass is 542 g/mol. The summed E-state index contributed by atoms with van der Waals surface area (Å²) in [6.07, 6.45) is 8.98. The summed E-state index contributed by atoms with van der Waals surface area (Å²) >= 11 is 0. The van der Waals surface area contributed by atoms with Crippen molar-refractivity contribution in [3.8, 4) is 11.3 Å². The number of hydrogen-bond donors (Lipinski definition) is 0. The maximum absolute atomic E-state index is 13.2. The predicted molar refractivity (Wildman–Crippen MR) is 95.2 cm³/mol. The quantitative estimate of drug-likeness (QED) is 0.459. The molecule has 4 rings (SSSR count). The number of halogens is 2. The molecule has 0 saturated heterocycles. The summed E-state index contributed by atoms with van der Waals surface area (Å²) in [5, 5.41) is 0. The Kier molecular flexibility index (Phi) is 7.58. The minimum Gasteiger partial charge on any atom is -0.510 e. The second kappa shape index (κ2) is 9.90. The van der Waals surface area contributed by atoms with Crippen LogP contribution in [0.4, 0.5) is 14.5 Å². The van der Waals surface area contributed by atoms with Crippen molar-refractivity contribution in [2.45, 2.75) is 0 Å². The van der Waals surface area contributed by atoms with Crippen LogP contribution in [0.5, 0.6) is 0 Å². The standard InChI is InChI=1S/C11H6F2N.C9H9N3.Ir/c12-8-4-5-9(10(13)7-8)11-3-1-2-6-14-11;1-11-5-6-12(8-11)9-3-2-4-10-7-9;/h1-4,6-7H;2,4-8H,1H3;/q-1;-2;+3. The van der Waals surface area contributed by atoms with E-state index in [4.69, 9.17) is 0 Å². The summed E-state index contributed by atoms with van der Waals surface area (Å²) in [4.78, 5) is 11.9. The molecule has 0 spiro atoms. The number of pyridine rings is 2. The van der Waals surface area contributed by atoms with Crippen LogP contribution < -0.4 is 4.90 Å². The molecular weight excluding hydrogens is 526 g/mol. The zero-order valence-corrected chi connectivity index (χ0v) is 16.7. The van der Waals surface area contributed by atoms with Gasteiger partial charge in [-0.1, -0.05) is 41.8 Å². The second-order valence-corrected chi connectivity index (χ2v) is 5.37. The Hall–Kier alpha value is -2.63. The molecule has 3 aromatic rings. The average Bonchev–Trinajstić information content (AvgIpc) is 3.10. The SMILES string of the molecule is CN1C=CN(c2[c-]ccnc2)[CH-]1.Fc1c[c-]c(-c2ccccn2)c(F)c1.[Ir+3]. The van der Waals surface area contributed by atoms with Crippen LogP contribution in [0.3, 0.4) is 0 Å². The average molecular weight is 542 g/mol. The summed E-state index contributed by atoms with van der Waals surface area (Å²) in [5.74, 6) is -1.29. The molecule has 0 aliphatic carbocycles. The van der Waals surface area contributed by atoms with Crippen molar-refractivity contribution in [3.05, 3.63) is 97.8 Å². The van der Waals surface area contributed by atoms with Gasteiger partial charge in [-0.15, -0.1) is 12.1 Å². The zero-order chi connectivity index (χ0) is 18.4. The minimum atomic E-state index is -0.649. The Morgan fingerprint density at radius 1 is 1.11 bits per heavy atom. The summed E-state index contributed by atoms with van der Waals surface area (Å²) in [6.45, 7) is 1.97. The normalized spacial score (nSPS) is 12.3. The van der Waals surface area contributed by atoms with E-state index >= 15 is 0 Å². The Balaban J connectivity index is 0.000000189. The van der Waals surface area contributed by atoms with Gasteiger partial charge in [-0.3, -0.25) is 8.78 Å². The van der Waals surface area contributed by atoms with Gasteiger partial charge in [-0.2, -0.15) is 18.8 Å². The van der Waals surface area contributed by atoms with Crippen molar-refractivity contribution < 1.29 is 28.9 Å². The molecule has 27 heavy (non-hydrogen) atoms. The third kappa shape index (κ3) is 5.67.